The Morgan fingerprint density at radius 3 is 2.31 bits per heavy atom. The molecular formula is C20H18FN3OS. The van der Waals surface area contributed by atoms with Crippen molar-refractivity contribution < 1.29 is 9.18 Å². The van der Waals surface area contributed by atoms with Gasteiger partial charge in [-0.2, -0.15) is 0 Å². The summed E-state index contributed by atoms with van der Waals surface area (Å²) in [4.78, 5) is 22.7. The number of thiophene rings is 1. The van der Waals surface area contributed by atoms with Gasteiger partial charge < -0.3 is 9.80 Å². The molecule has 0 atom stereocenters. The zero-order valence-electron chi connectivity index (χ0n) is 14.1. The molecule has 6 heteroatoms. The molecule has 4 nitrogen and oxygen atoms in total. The van der Waals surface area contributed by atoms with Crippen LogP contribution in [0.25, 0.3) is 10.4 Å². The molecule has 132 valence electrons. The molecule has 1 aliphatic rings. The van der Waals surface area contributed by atoms with Gasteiger partial charge in [-0.3, -0.25) is 9.78 Å². The van der Waals surface area contributed by atoms with Crippen molar-refractivity contribution in [2.75, 3.05) is 31.1 Å². The number of hydrogen-bond donors (Lipinski definition) is 0. The predicted molar refractivity (Wildman–Crippen MR) is 102 cm³/mol. The largest absolute Gasteiger partial charge is 0.368 e. The molecule has 1 aliphatic heterocycles. The number of anilines is 1. The van der Waals surface area contributed by atoms with Gasteiger partial charge in [0.1, 0.15) is 5.82 Å². The minimum atomic E-state index is -0.256. The predicted octanol–water partition coefficient (Wildman–Crippen LogP) is 3.91. The van der Waals surface area contributed by atoms with Gasteiger partial charge in [-0.15, -0.1) is 11.3 Å². The van der Waals surface area contributed by atoms with Gasteiger partial charge in [0.05, 0.1) is 4.88 Å². The number of rotatable bonds is 3. The number of carbonyl (C=O) groups is 1. The molecule has 0 bridgehead atoms. The number of carbonyl (C=O) groups excluding carboxylic acids is 1. The van der Waals surface area contributed by atoms with Crippen molar-refractivity contribution in [3.8, 4) is 10.4 Å². The molecule has 4 rings (SSSR count). The van der Waals surface area contributed by atoms with Crippen molar-refractivity contribution in [2.45, 2.75) is 0 Å². The number of benzene rings is 1. The molecule has 3 aromatic rings. The fraction of sp³-hybridized carbons (Fsp3) is 0.200. The molecule has 0 N–H and O–H groups in total. The van der Waals surface area contributed by atoms with Gasteiger partial charge in [-0.05, 0) is 42.0 Å². The van der Waals surface area contributed by atoms with E-state index in [0.29, 0.717) is 13.1 Å². The van der Waals surface area contributed by atoms with Crippen LogP contribution in [-0.4, -0.2) is 42.0 Å². The van der Waals surface area contributed by atoms with Crippen LogP contribution in [-0.2, 0) is 0 Å². The Kier molecular flexibility index (Phi) is 4.67. The highest BCUT2D eigenvalue weighted by Gasteiger charge is 2.23. The highest BCUT2D eigenvalue weighted by molar-refractivity contribution is 7.17. The van der Waals surface area contributed by atoms with E-state index in [-0.39, 0.29) is 11.7 Å². The van der Waals surface area contributed by atoms with Crippen LogP contribution in [0, 0.1) is 5.82 Å². The lowest BCUT2D eigenvalue weighted by Gasteiger charge is -2.35. The van der Waals surface area contributed by atoms with E-state index in [2.05, 4.69) is 9.88 Å². The maximum Gasteiger partial charge on any atom is 0.264 e. The molecule has 2 aromatic heterocycles. The van der Waals surface area contributed by atoms with Gasteiger partial charge in [-0.25, -0.2) is 4.39 Å². The monoisotopic (exact) mass is 367 g/mol. The molecule has 0 radical (unpaired) electrons. The molecule has 0 aliphatic carbocycles. The maximum absolute atomic E-state index is 13.1. The lowest BCUT2D eigenvalue weighted by Crippen LogP contribution is -2.48. The molecule has 1 fully saturated rings. The average molecular weight is 367 g/mol. The summed E-state index contributed by atoms with van der Waals surface area (Å²) >= 11 is 1.46. The molecule has 0 saturated carbocycles. The van der Waals surface area contributed by atoms with E-state index in [1.54, 1.807) is 24.5 Å². The molecule has 1 aromatic carbocycles. The molecule has 3 heterocycles. The standard InChI is InChI=1S/C20H18FN3OS/c21-16-3-1-15(2-4-16)18-5-6-19(26-18)20(25)24-13-11-23(12-14-24)17-7-9-22-10-8-17/h1-10H,11-14H2. The Morgan fingerprint density at radius 1 is 0.923 bits per heavy atom. The van der Waals surface area contributed by atoms with Gasteiger partial charge >= 0.3 is 0 Å². The highest BCUT2D eigenvalue weighted by Crippen LogP contribution is 2.29. The lowest BCUT2D eigenvalue weighted by atomic mass is 10.2. The minimum absolute atomic E-state index is 0.0674. The number of pyridine rings is 1. The van der Waals surface area contributed by atoms with E-state index in [4.69, 9.17) is 0 Å². The van der Waals surface area contributed by atoms with Gasteiger partial charge in [0, 0.05) is 49.1 Å². The van der Waals surface area contributed by atoms with Gasteiger partial charge in [-0.1, -0.05) is 12.1 Å². The van der Waals surface area contributed by atoms with E-state index in [9.17, 15) is 9.18 Å². The van der Waals surface area contributed by atoms with E-state index >= 15 is 0 Å². The highest BCUT2D eigenvalue weighted by atomic mass is 32.1. The van der Waals surface area contributed by atoms with Crippen molar-refractivity contribution in [2.24, 2.45) is 0 Å². The van der Waals surface area contributed by atoms with Crippen molar-refractivity contribution in [1.82, 2.24) is 9.88 Å². The lowest BCUT2D eigenvalue weighted by molar-refractivity contribution is 0.0751. The van der Waals surface area contributed by atoms with Crippen LogP contribution in [0.15, 0.2) is 60.9 Å². The Balaban J connectivity index is 1.42. The Labute approximate surface area is 155 Å². The summed E-state index contributed by atoms with van der Waals surface area (Å²) in [5.41, 5.74) is 2.07. The van der Waals surface area contributed by atoms with Crippen LogP contribution >= 0.6 is 11.3 Å². The molecule has 1 saturated heterocycles. The van der Waals surface area contributed by atoms with Gasteiger partial charge in [0.15, 0.2) is 0 Å². The van der Waals surface area contributed by atoms with Crippen LogP contribution in [0.1, 0.15) is 9.67 Å². The second kappa shape index (κ2) is 7.25. The first-order valence-electron chi connectivity index (χ1n) is 8.51. The van der Waals surface area contributed by atoms with Crippen molar-refractivity contribution >= 4 is 22.9 Å². The van der Waals surface area contributed by atoms with Crippen LogP contribution in [0.4, 0.5) is 10.1 Å². The van der Waals surface area contributed by atoms with Crippen LogP contribution in [0.3, 0.4) is 0 Å². The van der Waals surface area contributed by atoms with Crippen LogP contribution in [0.5, 0.6) is 0 Å². The summed E-state index contributed by atoms with van der Waals surface area (Å²) in [6.45, 7) is 3.02. The second-order valence-corrected chi connectivity index (χ2v) is 7.24. The van der Waals surface area contributed by atoms with Crippen LogP contribution < -0.4 is 4.90 Å². The number of halogens is 1. The van der Waals surface area contributed by atoms with Crippen LogP contribution in [0.2, 0.25) is 0 Å². The quantitative estimate of drug-likeness (QED) is 0.704. The molecular weight excluding hydrogens is 349 g/mol. The van der Waals surface area contributed by atoms with E-state index in [1.165, 1.54) is 23.5 Å². The number of piperazine rings is 1. The Bertz CT molecular complexity index is 887. The smallest absolute Gasteiger partial charge is 0.264 e. The van der Waals surface area contributed by atoms with E-state index in [0.717, 1.165) is 34.1 Å². The molecule has 1 amide bonds. The summed E-state index contributed by atoms with van der Waals surface area (Å²) in [5, 5.41) is 0. The summed E-state index contributed by atoms with van der Waals surface area (Å²) in [6, 6.07) is 14.1. The fourth-order valence-electron chi connectivity index (χ4n) is 3.10. The maximum atomic E-state index is 13.1. The number of amides is 1. The Morgan fingerprint density at radius 2 is 1.62 bits per heavy atom. The first kappa shape index (κ1) is 16.7. The Hall–Kier alpha value is -2.73. The van der Waals surface area contributed by atoms with Crippen molar-refractivity contribution in [3.63, 3.8) is 0 Å². The van der Waals surface area contributed by atoms with Gasteiger partial charge in [0.2, 0.25) is 0 Å². The third kappa shape index (κ3) is 3.46. The fourth-order valence-corrected chi connectivity index (χ4v) is 4.08. The summed E-state index contributed by atoms with van der Waals surface area (Å²) in [7, 11) is 0. The van der Waals surface area contributed by atoms with E-state index < -0.39 is 0 Å². The molecule has 0 unspecified atom stereocenters. The third-order valence-electron chi connectivity index (χ3n) is 4.54. The van der Waals surface area contributed by atoms with Gasteiger partial charge in [0.25, 0.3) is 5.91 Å². The first-order chi connectivity index (χ1) is 12.7. The van der Waals surface area contributed by atoms with Crippen molar-refractivity contribution in [1.29, 1.82) is 0 Å². The van der Waals surface area contributed by atoms with Crippen molar-refractivity contribution in [3.05, 3.63) is 71.6 Å². The number of hydrogen-bond acceptors (Lipinski definition) is 4. The third-order valence-corrected chi connectivity index (χ3v) is 5.66. The summed E-state index contributed by atoms with van der Waals surface area (Å²) in [5.74, 6) is -0.189. The molecule has 0 spiro atoms. The second-order valence-electron chi connectivity index (χ2n) is 6.16. The average Bonchev–Trinajstić information content (AvgIpc) is 3.19. The topological polar surface area (TPSA) is 36.4 Å². The number of aromatic nitrogens is 1. The number of nitrogens with zero attached hydrogens (tertiary/aromatic N) is 3. The SMILES string of the molecule is O=C(c1ccc(-c2ccc(F)cc2)s1)N1CCN(c2ccncc2)CC1. The molecule has 26 heavy (non-hydrogen) atoms. The summed E-state index contributed by atoms with van der Waals surface area (Å²) in [6.07, 6.45) is 3.57. The van der Waals surface area contributed by atoms with E-state index in [1.807, 2.05) is 29.2 Å². The zero-order chi connectivity index (χ0) is 17.9. The first-order valence-corrected chi connectivity index (χ1v) is 9.32. The summed E-state index contributed by atoms with van der Waals surface area (Å²) < 4.78 is 13.1. The zero-order valence-corrected chi connectivity index (χ0v) is 15.0. The minimum Gasteiger partial charge on any atom is -0.368 e. The normalized spacial score (nSPS) is 14.5.